The number of piperidine rings is 1. The van der Waals surface area contributed by atoms with E-state index in [2.05, 4.69) is 23.9 Å². The van der Waals surface area contributed by atoms with Crippen molar-refractivity contribution in [2.75, 3.05) is 26.7 Å². The summed E-state index contributed by atoms with van der Waals surface area (Å²) in [5, 5.41) is 0. The molecule has 2 rings (SSSR count). The van der Waals surface area contributed by atoms with Gasteiger partial charge in [-0.25, -0.2) is 4.98 Å². The molecule has 1 amide bonds. The predicted molar refractivity (Wildman–Crippen MR) is 78.5 cm³/mol. The molecule has 5 heteroatoms. The van der Waals surface area contributed by atoms with Crippen LogP contribution in [0.4, 0.5) is 0 Å². The zero-order valence-electron chi connectivity index (χ0n) is 12.1. The number of likely N-dealkylation sites (tertiary alicyclic amines) is 1. The SMILES string of the molecule is CC(=O)N1CCC(N(C)CCc2scnc2C)CC1. The predicted octanol–water partition coefficient (Wildman–Crippen LogP) is 1.94. The Morgan fingerprint density at radius 2 is 2.21 bits per heavy atom. The molecule has 0 aromatic carbocycles. The smallest absolute Gasteiger partial charge is 0.219 e. The third-order valence-corrected chi connectivity index (χ3v) is 5.06. The normalized spacial score (nSPS) is 17.2. The lowest BCUT2D eigenvalue weighted by atomic mass is 10.0. The van der Waals surface area contributed by atoms with Gasteiger partial charge in [0.1, 0.15) is 0 Å². The van der Waals surface area contributed by atoms with E-state index in [4.69, 9.17) is 0 Å². The molecule has 0 N–H and O–H groups in total. The maximum absolute atomic E-state index is 11.3. The molecule has 1 saturated heterocycles. The second-order valence-corrected chi connectivity index (χ2v) is 6.27. The van der Waals surface area contributed by atoms with Gasteiger partial charge in [0, 0.05) is 37.5 Å². The Morgan fingerprint density at radius 1 is 1.53 bits per heavy atom. The van der Waals surface area contributed by atoms with Gasteiger partial charge in [0.25, 0.3) is 0 Å². The van der Waals surface area contributed by atoms with E-state index in [0.717, 1.165) is 38.9 Å². The molecule has 0 bridgehead atoms. The van der Waals surface area contributed by atoms with Crippen LogP contribution in [0.1, 0.15) is 30.3 Å². The largest absolute Gasteiger partial charge is 0.343 e. The van der Waals surface area contributed by atoms with Crippen molar-refractivity contribution in [2.45, 2.75) is 39.2 Å². The molecule has 0 atom stereocenters. The van der Waals surface area contributed by atoms with Gasteiger partial charge in [-0.3, -0.25) is 4.79 Å². The van der Waals surface area contributed by atoms with Gasteiger partial charge >= 0.3 is 0 Å². The fourth-order valence-electron chi connectivity index (χ4n) is 2.65. The Morgan fingerprint density at radius 3 is 2.74 bits per heavy atom. The minimum Gasteiger partial charge on any atom is -0.343 e. The maximum atomic E-state index is 11.3. The van der Waals surface area contributed by atoms with Crippen molar-refractivity contribution in [2.24, 2.45) is 0 Å². The van der Waals surface area contributed by atoms with Gasteiger partial charge < -0.3 is 9.80 Å². The van der Waals surface area contributed by atoms with E-state index in [0.29, 0.717) is 6.04 Å². The lowest BCUT2D eigenvalue weighted by molar-refractivity contribution is -0.130. The van der Waals surface area contributed by atoms with Crippen LogP contribution in [0.2, 0.25) is 0 Å². The molecule has 1 aromatic rings. The van der Waals surface area contributed by atoms with E-state index in [-0.39, 0.29) is 5.91 Å². The Kier molecular flexibility index (Phi) is 4.93. The molecule has 0 saturated carbocycles. The van der Waals surface area contributed by atoms with E-state index < -0.39 is 0 Å². The number of aromatic nitrogens is 1. The average Bonchev–Trinajstić information content (AvgIpc) is 2.81. The first-order valence-corrected chi connectivity index (χ1v) is 7.80. The van der Waals surface area contributed by atoms with E-state index in [9.17, 15) is 4.79 Å². The Bertz CT molecular complexity index is 424. The summed E-state index contributed by atoms with van der Waals surface area (Å²) in [6.45, 7) is 6.63. The minimum absolute atomic E-state index is 0.210. The standard InChI is InChI=1S/C14H23N3OS/c1-11-14(19-10-15-11)6-7-16(3)13-4-8-17(9-5-13)12(2)18/h10,13H,4-9H2,1-3H3. The van der Waals surface area contributed by atoms with Gasteiger partial charge in [0.05, 0.1) is 11.2 Å². The second-order valence-electron chi connectivity index (χ2n) is 5.33. The van der Waals surface area contributed by atoms with Crippen LogP contribution in [-0.4, -0.2) is 53.4 Å². The van der Waals surface area contributed by atoms with Crippen LogP contribution in [0, 0.1) is 6.92 Å². The molecule has 1 fully saturated rings. The summed E-state index contributed by atoms with van der Waals surface area (Å²) in [5.41, 5.74) is 3.10. The van der Waals surface area contributed by atoms with Crippen molar-refractivity contribution in [1.29, 1.82) is 0 Å². The van der Waals surface area contributed by atoms with Gasteiger partial charge in [-0.1, -0.05) is 0 Å². The van der Waals surface area contributed by atoms with E-state index >= 15 is 0 Å². The van der Waals surface area contributed by atoms with Crippen LogP contribution in [-0.2, 0) is 11.2 Å². The number of hydrogen-bond acceptors (Lipinski definition) is 4. The van der Waals surface area contributed by atoms with Crippen molar-refractivity contribution in [3.05, 3.63) is 16.1 Å². The van der Waals surface area contributed by atoms with E-state index in [1.165, 1.54) is 10.6 Å². The number of carbonyl (C=O) groups is 1. The maximum Gasteiger partial charge on any atom is 0.219 e. The fraction of sp³-hybridized carbons (Fsp3) is 0.714. The molecule has 1 aromatic heterocycles. The van der Waals surface area contributed by atoms with Crippen molar-refractivity contribution in [3.63, 3.8) is 0 Å². The Balaban J connectivity index is 1.77. The highest BCUT2D eigenvalue weighted by Crippen LogP contribution is 2.18. The zero-order valence-corrected chi connectivity index (χ0v) is 12.9. The van der Waals surface area contributed by atoms with Gasteiger partial charge in [-0.05, 0) is 33.2 Å². The summed E-state index contributed by atoms with van der Waals surface area (Å²) in [4.78, 5) is 21.4. The summed E-state index contributed by atoms with van der Waals surface area (Å²) in [6.07, 6.45) is 3.27. The molecule has 1 aliphatic rings. The molecule has 2 heterocycles. The first-order chi connectivity index (χ1) is 9.08. The molecule has 0 unspecified atom stereocenters. The van der Waals surface area contributed by atoms with Crippen LogP contribution < -0.4 is 0 Å². The number of thiazole rings is 1. The molecule has 0 spiro atoms. The molecule has 0 aliphatic carbocycles. The van der Waals surface area contributed by atoms with Crippen molar-refractivity contribution < 1.29 is 4.79 Å². The number of rotatable bonds is 4. The third kappa shape index (κ3) is 3.76. The van der Waals surface area contributed by atoms with Crippen LogP contribution in [0.5, 0.6) is 0 Å². The molecular weight excluding hydrogens is 258 g/mol. The van der Waals surface area contributed by atoms with E-state index in [1.807, 2.05) is 10.4 Å². The molecule has 106 valence electrons. The summed E-state index contributed by atoms with van der Waals surface area (Å²) in [6, 6.07) is 0.615. The highest BCUT2D eigenvalue weighted by molar-refractivity contribution is 7.09. The van der Waals surface area contributed by atoms with Gasteiger partial charge in [0.2, 0.25) is 5.91 Å². The van der Waals surface area contributed by atoms with Crippen LogP contribution in [0.3, 0.4) is 0 Å². The number of likely N-dealkylation sites (N-methyl/N-ethyl adjacent to an activating group) is 1. The average molecular weight is 281 g/mol. The lowest BCUT2D eigenvalue weighted by Crippen LogP contribution is -2.45. The number of aryl methyl sites for hydroxylation is 1. The molecule has 4 nitrogen and oxygen atoms in total. The van der Waals surface area contributed by atoms with Crippen LogP contribution in [0.15, 0.2) is 5.51 Å². The van der Waals surface area contributed by atoms with Crippen LogP contribution in [0.25, 0.3) is 0 Å². The monoisotopic (exact) mass is 281 g/mol. The number of carbonyl (C=O) groups excluding carboxylic acids is 1. The fourth-order valence-corrected chi connectivity index (χ4v) is 3.42. The van der Waals surface area contributed by atoms with Gasteiger partial charge in [-0.15, -0.1) is 11.3 Å². The summed E-state index contributed by atoms with van der Waals surface area (Å²) < 4.78 is 0. The Labute approximate surface area is 119 Å². The lowest BCUT2D eigenvalue weighted by Gasteiger charge is -2.36. The quantitative estimate of drug-likeness (QED) is 0.846. The van der Waals surface area contributed by atoms with Crippen molar-refractivity contribution in [3.8, 4) is 0 Å². The first-order valence-electron chi connectivity index (χ1n) is 6.92. The molecule has 0 radical (unpaired) electrons. The van der Waals surface area contributed by atoms with Crippen molar-refractivity contribution in [1.82, 2.24) is 14.8 Å². The third-order valence-electron chi connectivity index (χ3n) is 4.07. The molecular formula is C14H23N3OS. The second kappa shape index (κ2) is 6.48. The zero-order chi connectivity index (χ0) is 13.8. The van der Waals surface area contributed by atoms with Crippen LogP contribution >= 0.6 is 11.3 Å². The van der Waals surface area contributed by atoms with Gasteiger partial charge in [0.15, 0.2) is 0 Å². The van der Waals surface area contributed by atoms with Gasteiger partial charge in [-0.2, -0.15) is 0 Å². The number of amides is 1. The Hall–Kier alpha value is -0.940. The molecule has 1 aliphatic heterocycles. The number of hydrogen-bond donors (Lipinski definition) is 0. The summed E-state index contributed by atoms with van der Waals surface area (Å²) >= 11 is 1.75. The topological polar surface area (TPSA) is 36.4 Å². The molecule has 19 heavy (non-hydrogen) atoms. The number of nitrogens with zero attached hydrogens (tertiary/aromatic N) is 3. The van der Waals surface area contributed by atoms with Crippen molar-refractivity contribution >= 4 is 17.2 Å². The summed E-state index contributed by atoms with van der Waals surface area (Å²) in [5.74, 6) is 0.210. The summed E-state index contributed by atoms with van der Waals surface area (Å²) in [7, 11) is 2.20. The van der Waals surface area contributed by atoms with E-state index in [1.54, 1.807) is 18.3 Å². The highest BCUT2D eigenvalue weighted by atomic mass is 32.1. The minimum atomic E-state index is 0.210. The highest BCUT2D eigenvalue weighted by Gasteiger charge is 2.23. The first kappa shape index (κ1) is 14.5.